The number of aryl methyl sites for hydroxylation is 2. The average Bonchev–Trinajstić information content (AvgIpc) is 3.17. The number of rotatable bonds is 10. The van der Waals surface area contributed by atoms with Crippen LogP contribution in [0.15, 0.2) is 18.2 Å². The summed E-state index contributed by atoms with van der Waals surface area (Å²) in [5, 5.41) is 0. The predicted octanol–water partition coefficient (Wildman–Crippen LogP) is 5.10. The van der Waals surface area contributed by atoms with E-state index < -0.39 is 0 Å². The summed E-state index contributed by atoms with van der Waals surface area (Å²) >= 11 is 0. The minimum atomic E-state index is -0.342. The fourth-order valence-corrected chi connectivity index (χ4v) is 7.01. The zero-order valence-electron chi connectivity index (χ0n) is 24.5. The van der Waals surface area contributed by atoms with Crippen LogP contribution in [0.3, 0.4) is 0 Å². The Morgan fingerprint density at radius 2 is 1.66 bits per heavy atom. The van der Waals surface area contributed by atoms with Crippen LogP contribution in [0, 0.1) is 13.8 Å². The van der Waals surface area contributed by atoms with Gasteiger partial charge in [-0.3, -0.25) is 14.6 Å². The van der Waals surface area contributed by atoms with Gasteiger partial charge >= 0.3 is 6.09 Å². The highest BCUT2D eigenvalue weighted by Crippen LogP contribution is 2.41. The van der Waals surface area contributed by atoms with E-state index in [1.165, 1.54) is 0 Å². The molecule has 3 saturated heterocycles. The average molecular weight is 527 g/mol. The maximum atomic E-state index is 13.3. The lowest BCUT2D eigenvalue weighted by Crippen LogP contribution is -2.56. The molecule has 0 saturated carbocycles. The summed E-state index contributed by atoms with van der Waals surface area (Å²) in [4.78, 5) is 35.5. The van der Waals surface area contributed by atoms with Crippen LogP contribution in [0.1, 0.15) is 87.2 Å². The van der Waals surface area contributed by atoms with E-state index in [2.05, 4.69) is 35.5 Å². The molecule has 2 amide bonds. The SMILES string of the molecule is CCCCC1N(CCN(CC)CC)C(=O)OC12CCN(C1CCN(C(=O)c3c(C)cccc3C)CC1)CC2. The molecule has 1 aromatic carbocycles. The number of carbonyl (C=O) groups excluding carboxylic acids is 2. The molecule has 4 rings (SSSR count). The normalized spacial score (nSPS) is 22.5. The monoisotopic (exact) mass is 526 g/mol. The van der Waals surface area contributed by atoms with E-state index in [0.29, 0.717) is 6.04 Å². The fourth-order valence-electron chi connectivity index (χ4n) is 7.01. The van der Waals surface area contributed by atoms with E-state index in [1.807, 2.05) is 36.9 Å². The first-order valence-electron chi connectivity index (χ1n) is 15.1. The van der Waals surface area contributed by atoms with Gasteiger partial charge in [0.05, 0.1) is 6.04 Å². The van der Waals surface area contributed by atoms with Crippen molar-refractivity contribution in [3.05, 3.63) is 34.9 Å². The molecule has 38 heavy (non-hydrogen) atoms. The summed E-state index contributed by atoms with van der Waals surface area (Å²) in [5.41, 5.74) is 2.66. The molecular weight excluding hydrogens is 476 g/mol. The summed E-state index contributed by atoms with van der Waals surface area (Å²) < 4.78 is 6.26. The van der Waals surface area contributed by atoms with Gasteiger partial charge in [-0.1, -0.05) is 51.8 Å². The van der Waals surface area contributed by atoms with Gasteiger partial charge in [-0.05, 0) is 57.3 Å². The Morgan fingerprint density at radius 1 is 1.03 bits per heavy atom. The second kappa shape index (κ2) is 12.8. The summed E-state index contributed by atoms with van der Waals surface area (Å²) in [6, 6.07) is 6.77. The van der Waals surface area contributed by atoms with Gasteiger partial charge in [0.2, 0.25) is 0 Å². The summed E-state index contributed by atoms with van der Waals surface area (Å²) in [7, 11) is 0. The van der Waals surface area contributed by atoms with Crippen molar-refractivity contribution in [1.82, 2.24) is 19.6 Å². The third-order valence-electron chi connectivity index (χ3n) is 9.50. The lowest BCUT2D eigenvalue weighted by molar-refractivity contribution is -0.0383. The highest BCUT2D eigenvalue weighted by atomic mass is 16.6. The Morgan fingerprint density at radius 3 is 2.24 bits per heavy atom. The molecule has 7 nitrogen and oxygen atoms in total. The van der Waals surface area contributed by atoms with Gasteiger partial charge in [-0.2, -0.15) is 0 Å². The summed E-state index contributed by atoms with van der Waals surface area (Å²) in [5.74, 6) is 0.179. The second-order valence-electron chi connectivity index (χ2n) is 11.6. The highest BCUT2D eigenvalue weighted by Gasteiger charge is 2.54. The number of hydrogen-bond donors (Lipinski definition) is 0. The van der Waals surface area contributed by atoms with E-state index in [1.54, 1.807) is 0 Å². The number of amides is 2. The zero-order chi connectivity index (χ0) is 27.3. The molecule has 3 aliphatic heterocycles. The summed E-state index contributed by atoms with van der Waals surface area (Å²) in [6.07, 6.45) is 7.03. The lowest BCUT2D eigenvalue weighted by atomic mass is 9.81. The Bertz CT molecular complexity index is 926. The first-order chi connectivity index (χ1) is 18.3. The molecule has 0 aliphatic carbocycles. The van der Waals surface area contributed by atoms with Crippen molar-refractivity contribution in [2.24, 2.45) is 0 Å². The van der Waals surface area contributed by atoms with E-state index >= 15 is 0 Å². The van der Waals surface area contributed by atoms with Crippen LogP contribution in [0.5, 0.6) is 0 Å². The van der Waals surface area contributed by atoms with E-state index in [4.69, 9.17) is 4.74 Å². The Hall–Kier alpha value is -2.12. The van der Waals surface area contributed by atoms with Crippen molar-refractivity contribution in [2.75, 3.05) is 52.4 Å². The molecule has 0 aromatic heterocycles. The molecule has 7 heteroatoms. The number of unbranched alkanes of at least 4 members (excludes halogenated alkanes) is 1. The number of likely N-dealkylation sites (tertiary alicyclic amines) is 2. The number of piperidine rings is 2. The third kappa shape index (κ3) is 6.04. The smallest absolute Gasteiger partial charge is 0.410 e. The fraction of sp³-hybridized carbons (Fsp3) is 0.742. The van der Waals surface area contributed by atoms with Gasteiger partial charge < -0.3 is 14.5 Å². The molecule has 212 valence electrons. The zero-order valence-corrected chi connectivity index (χ0v) is 24.5. The topological polar surface area (TPSA) is 56.3 Å². The van der Waals surface area contributed by atoms with Crippen LogP contribution >= 0.6 is 0 Å². The second-order valence-corrected chi connectivity index (χ2v) is 11.6. The number of benzene rings is 1. The Kier molecular flexibility index (Phi) is 9.74. The van der Waals surface area contributed by atoms with Crippen LogP contribution in [-0.2, 0) is 4.74 Å². The van der Waals surface area contributed by atoms with Gasteiger partial charge in [0.25, 0.3) is 5.91 Å². The van der Waals surface area contributed by atoms with Gasteiger partial charge in [0, 0.05) is 63.7 Å². The molecule has 1 unspecified atom stereocenters. The number of ether oxygens (including phenoxy) is 1. The summed E-state index contributed by atoms with van der Waals surface area (Å²) in [6.45, 7) is 17.9. The van der Waals surface area contributed by atoms with Crippen LogP contribution in [0.2, 0.25) is 0 Å². The minimum absolute atomic E-state index is 0.106. The van der Waals surface area contributed by atoms with Crippen molar-refractivity contribution in [1.29, 1.82) is 0 Å². The maximum Gasteiger partial charge on any atom is 0.410 e. The molecule has 3 heterocycles. The molecule has 1 spiro atoms. The van der Waals surface area contributed by atoms with E-state index in [0.717, 1.165) is 114 Å². The molecule has 1 atom stereocenters. The van der Waals surface area contributed by atoms with Crippen LogP contribution in [0.25, 0.3) is 0 Å². The van der Waals surface area contributed by atoms with Crippen molar-refractivity contribution in [2.45, 2.75) is 97.2 Å². The molecule has 3 fully saturated rings. The van der Waals surface area contributed by atoms with Gasteiger partial charge in [-0.25, -0.2) is 4.79 Å². The minimum Gasteiger partial charge on any atom is -0.440 e. The van der Waals surface area contributed by atoms with Crippen LogP contribution in [-0.4, -0.2) is 102 Å². The van der Waals surface area contributed by atoms with Gasteiger partial charge in [-0.15, -0.1) is 0 Å². The van der Waals surface area contributed by atoms with Crippen molar-refractivity contribution >= 4 is 12.0 Å². The molecule has 0 radical (unpaired) electrons. The maximum absolute atomic E-state index is 13.3. The first kappa shape index (κ1) is 28.9. The van der Waals surface area contributed by atoms with E-state index in [9.17, 15) is 9.59 Å². The van der Waals surface area contributed by atoms with Crippen LogP contribution in [0.4, 0.5) is 4.79 Å². The lowest BCUT2D eigenvalue weighted by Gasteiger charge is -2.46. The first-order valence-corrected chi connectivity index (χ1v) is 15.1. The number of nitrogens with zero attached hydrogens (tertiary/aromatic N) is 4. The molecular formula is C31H50N4O3. The van der Waals surface area contributed by atoms with Gasteiger partial charge in [0.15, 0.2) is 0 Å². The van der Waals surface area contributed by atoms with E-state index in [-0.39, 0.29) is 23.6 Å². The molecule has 0 bridgehead atoms. The van der Waals surface area contributed by atoms with Crippen molar-refractivity contribution in [3.8, 4) is 0 Å². The third-order valence-corrected chi connectivity index (χ3v) is 9.50. The Balaban J connectivity index is 1.34. The largest absolute Gasteiger partial charge is 0.440 e. The van der Waals surface area contributed by atoms with Crippen molar-refractivity contribution < 1.29 is 14.3 Å². The van der Waals surface area contributed by atoms with Gasteiger partial charge in [0.1, 0.15) is 5.60 Å². The van der Waals surface area contributed by atoms with Crippen LogP contribution < -0.4 is 0 Å². The standard InChI is InChI=1S/C31H50N4O3/c1-6-9-13-27-31(38-30(37)35(27)23-22-32(7-2)8-3)16-20-33(21-17-31)26-14-18-34(19-15-26)29(36)28-24(4)11-10-12-25(28)5/h10-12,26-27H,6-9,13-23H2,1-5H3. The number of hydrogen-bond acceptors (Lipinski definition) is 5. The molecule has 0 N–H and O–H groups in total. The van der Waals surface area contributed by atoms with Crippen molar-refractivity contribution in [3.63, 3.8) is 0 Å². The predicted molar refractivity (Wildman–Crippen MR) is 153 cm³/mol. The number of carbonyl (C=O) groups is 2. The molecule has 1 aromatic rings. The quantitative estimate of drug-likeness (QED) is 0.425. The molecule has 3 aliphatic rings. The Labute approximate surface area is 230 Å². The highest BCUT2D eigenvalue weighted by molar-refractivity contribution is 5.97. The number of likely N-dealkylation sites (N-methyl/N-ethyl adjacent to an activating group) is 1.